The largest absolute Gasteiger partial charge is 0.508 e. The molecule has 33 nitrogen and oxygen atoms in total. The lowest BCUT2D eigenvalue weighted by Crippen LogP contribution is -2.64. The molecule has 2 saturated heterocycles. The van der Waals surface area contributed by atoms with E-state index in [1.807, 2.05) is 68.4 Å². The number of benzene rings is 9. The number of likely N-dealkylation sites (N-methyl/N-ethyl adjacent to an activating group) is 1. The van der Waals surface area contributed by atoms with Gasteiger partial charge in [-0.2, -0.15) is 0 Å². The number of hydrogen-bond acceptors (Lipinski definition) is 25. The van der Waals surface area contributed by atoms with Gasteiger partial charge in [-0.15, -0.1) is 0 Å². The monoisotopic (exact) mass is 1660 g/mol. The van der Waals surface area contributed by atoms with Crippen molar-refractivity contribution in [1.82, 2.24) is 42.5 Å². The Hall–Kier alpha value is -11.3. The predicted octanol–water partition coefficient (Wildman–Crippen LogP) is 4.24. The molecule has 21 N–H and O–H groups in total. The van der Waals surface area contributed by atoms with Crippen LogP contribution in [0.3, 0.4) is 0 Å². The van der Waals surface area contributed by atoms with E-state index >= 15 is 28.8 Å². The number of aliphatic hydroxyl groups is 6. The summed E-state index contributed by atoms with van der Waals surface area (Å²) in [5.41, 5.74) is 9.24. The van der Waals surface area contributed by atoms with Crippen molar-refractivity contribution in [3.05, 3.63) is 177 Å². The molecular formula is C83H86Cl2N10O23. The van der Waals surface area contributed by atoms with Crippen LogP contribution in [0.2, 0.25) is 10.0 Å². The number of aromatic hydroxyl groups is 3. The molecule has 0 aliphatic carbocycles. The van der Waals surface area contributed by atoms with Gasteiger partial charge in [-0.25, -0.2) is 0 Å². The highest BCUT2D eigenvalue weighted by molar-refractivity contribution is 6.32. The number of nitrogens with two attached hydrogens (primary N) is 2. The number of fused-ring (bicyclic) bond motifs is 15. The van der Waals surface area contributed by atoms with E-state index in [-0.39, 0.29) is 69.6 Å². The number of halogens is 2. The summed E-state index contributed by atoms with van der Waals surface area (Å²) < 4.78 is 38.8. The van der Waals surface area contributed by atoms with Crippen molar-refractivity contribution in [3.8, 4) is 57.1 Å². The van der Waals surface area contributed by atoms with Crippen LogP contribution in [0.1, 0.15) is 111 Å². The van der Waals surface area contributed by atoms with Gasteiger partial charge in [0, 0.05) is 35.7 Å². The van der Waals surface area contributed by atoms with Gasteiger partial charge >= 0.3 is 0 Å². The topological polar surface area (TPSA) is 522 Å². The van der Waals surface area contributed by atoms with Crippen LogP contribution >= 0.6 is 23.2 Å². The van der Waals surface area contributed by atoms with Crippen LogP contribution < -0.4 is 68.2 Å². The van der Waals surface area contributed by atoms with Gasteiger partial charge in [0.25, 0.3) is 0 Å². The predicted molar refractivity (Wildman–Crippen MR) is 424 cm³/mol. The zero-order valence-corrected chi connectivity index (χ0v) is 65.3. The summed E-state index contributed by atoms with van der Waals surface area (Å²) in [6.45, 7) is 5.50. The number of primary amides is 1. The Labute approximate surface area is 682 Å². The van der Waals surface area contributed by atoms with E-state index in [1.165, 1.54) is 45.2 Å². The molecule has 620 valence electrons. The van der Waals surface area contributed by atoms with Crippen molar-refractivity contribution < 1.29 is 113 Å². The molecule has 0 radical (unpaired) electrons. The minimum atomic E-state index is -2.35. The van der Waals surface area contributed by atoms with Gasteiger partial charge in [0.15, 0.2) is 23.9 Å². The zero-order valence-electron chi connectivity index (χ0n) is 63.8. The number of carbonyl (C=O) groups excluding carboxylic acids is 8. The zero-order chi connectivity index (χ0) is 84.4. The highest BCUT2D eigenvalue weighted by Gasteiger charge is 2.52. The van der Waals surface area contributed by atoms with Crippen molar-refractivity contribution in [1.29, 1.82) is 0 Å². The Bertz CT molecular complexity index is 5450. The number of hydrogen-bond donors (Lipinski definition) is 19. The summed E-state index contributed by atoms with van der Waals surface area (Å²) in [6.07, 6.45) is -18.6. The van der Waals surface area contributed by atoms with Gasteiger partial charge < -0.3 is 128 Å². The molecule has 11 bridgehead atoms. The van der Waals surface area contributed by atoms with E-state index < -0.39 is 220 Å². The molecule has 7 aliphatic rings. The minimum Gasteiger partial charge on any atom is -0.508 e. The highest BCUT2D eigenvalue weighted by atomic mass is 35.5. The molecule has 35 heteroatoms. The first-order valence-electron chi connectivity index (χ1n) is 37.8. The van der Waals surface area contributed by atoms with Crippen LogP contribution in [0.5, 0.6) is 46.0 Å². The van der Waals surface area contributed by atoms with E-state index in [2.05, 4.69) is 42.5 Å². The molecule has 7 heterocycles. The molecule has 0 spiro atoms. The van der Waals surface area contributed by atoms with Crippen molar-refractivity contribution in [2.24, 2.45) is 17.4 Å². The van der Waals surface area contributed by atoms with Crippen molar-refractivity contribution in [3.63, 3.8) is 0 Å². The first-order valence-corrected chi connectivity index (χ1v) is 38.6. The third kappa shape index (κ3) is 16.6. The maximum Gasteiger partial charge on any atom is 0.248 e. The molecule has 0 unspecified atom stereocenters. The molecule has 118 heavy (non-hydrogen) atoms. The number of phenolic OH excluding ortho intramolecular Hbond substituents is 3. The van der Waals surface area contributed by atoms with E-state index in [0.717, 1.165) is 86.9 Å². The Kier molecular flexibility index (Phi) is 23.7. The summed E-state index contributed by atoms with van der Waals surface area (Å²) in [4.78, 5) is 122. The van der Waals surface area contributed by atoms with Crippen LogP contribution in [0, 0.1) is 5.92 Å². The first kappa shape index (κ1) is 83.2. The number of carbonyl (C=O) groups is 8. The van der Waals surface area contributed by atoms with E-state index in [0.29, 0.717) is 5.56 Å². The molecule has 2 fully saturated rings. The lowest BCUT2D eigenvalue weighted by Gasteiger charge is -2.47. The molecule has 7 aliphatic heterocycles. The number of ether oxygens (including phenoxy) is 6. The van der Waals surface area contributed by atoms with E-state index in [9.17, 15) is 55.5 Å². The molecule has 0 saturated carbocycles. The van der Waals surface area contributed by atoms with Gasteiger partial charge in [-0.3, -0.25) is 38.4 Å². The molecule has 9 aromatic carbocycles. The van der Waals surface area contributed by atoms with E-state index in [1.54, 1.807) is 0 Å². The van der Waals surface area contributed by atoms with Crippen LogP contribution in [-0.4, -0.2) is 186 Å². The first-order chi connectivity index (χ1) is 56.2. The maximum atomic E-state index is 16.4. The summed E-state index contributed by atoms with van der Waals surface area (Å²) >= 11 is 14.4. The SMILES string of the molecule is CN[C@H](CC(C)C)C(=O)N[C@H]1C(=O)N[C@@H](CC(N)=O)C(=O)N[C@H]2C(=O)N[C@H]3C(=O)N[C@H](C(=O)N[C@@H](C(=O)NCc4ccc5ccc6cccc7ccc4c5c67)c4cc(O)cc(O)c4-c4cc3ccc4O)[C@H](O)c3ccc(c(Cl)c3)Oc3cc2cc(c3O[C@@H]2O[C@H](CO)[C@@H](O)[C@H](O)[C@H]2O[C@H]2C[C@](C)(N)[C@H](O)[C@H](C)O2)Oc2ccc(cc2Cl)[C@H]1O. The lowest BCUT2D eigenvalue weighted by atomic mass is 9.86. The van der Waals surface area contributed by atoms with Gasteiger partial charge in [0.2, 0.25) is 59.3 Å². The molecule has 9 aromatic rings. The Morgan fingerprint density at radius 3 is 1.92 bits per heavy atom. The van der Waals surface area contributed by atoms with E-state index in [4.69, 9.17) is 63.1 Å². The molecule has 8 amide bonds. The van der Waals surface area contributed by atoms with Gasteiger partial charge in [0.1, 0.15) is 95.5 Å². The van der Waals surface area contributed by atoms with Crippen LogP contribution in [-0.2, 0) is 59.1 Å². The standard InChI is InChI=1S/C83H86Cl2N10O23/c1-33(2)21-49(88-5)75(106)94-66-68(101)39-15-19-53(47(84)23-39)114-55-25-42-26-56(72(55)118-82-73(71(104)70(103)57(32-96)116-82)117-59-30-83(4,87)74(105)34(3)113-59)115-54-20-16-40(24-48(54)85)69(102)67-81(112)93-65(77(108)89-31-41-12-11-37-10-9-35-7-6-8-36-13-17-44(41)61(37)60(35)36)46-27-43(97)28-52(99)62(46)45-22-38(14-18-51(45)98)63(78(109)95-67)92-79(110)64(42)91-76(107)50(29-58(86)100)90-80(66)111/h6-20,22-28,33-34,49-50,57,59,63-71,73-74,82,88,96-99,101-105H,21,29-32,87H2,1-5H3,(H2,86,100)(H,89,108)(H,90,111)(H,91,107)(H,92,110)(H,93,112)(H,94,106)(H,95,109)/t34-,49+,50-,57+,59-,63+,64+,65+,66+,67-,68+,69+,70+,71-,73+,74+,82-,83-/m0/s1. The van der Waals surface area contributed by atoms with Crippen LogP contribution in [0.25, 0.3) is 43.4 Å². The third-order valence-corrected chi connectivity index (χ3v) is 22.5. The third-order valence-electron chi connectivity index (χ3n) is 21.9. The number of amides is 8. The quantitative estimate of drug-likeness (QED) is 0.0638. The summed E-state index contributed by atoms with van der Waals surface area (Å²) in [6, 6.07) is 17.8. The van der Waals surface area contributed by atoms with Gasteiger partial charge in [-0.05, 0) is 154 Å². The summed E-state index contributed by atoms with van der Waals surface area (Å²) in [7, 11) is 1.48. The highest BCUT2D eigenvalue weighted by Crippen LogP contribution is 2.50. The smallest absolute Gasteiger partial charge is 0.248 e. The van der Waals surface area contributed by atoms with Crippen molar-refractivity contribution >= 4 is 103 Å². The number of nitrogens with one attached hydrogen (secondary N) is 8. The Morgan fingerprint density at radius 1 is 0.661 bits per heavy atom. The average molecular weight is 1660 g/mol. The molecule has 0 aromatic heterocycles. The maximum absolute atomic E-state index is 16.4. The fourth-order valence-corrected chi connectivity index (χ4v) is 16.2. The summed E-state index contributed by atoms with van der Waals surface area (Å²) in [5.74, 6) is -14.7. The fraction of sp³-hybridized carbons (Fsp3) is 0.349. The van der Waals surface area contributed by atoms with Gasteiger partial charge in [0.05, 0.1) is 41.3 Å². The normalized spacial score (nSPS) is 27.0. The average Bonchev–Trinajstić information content (AvgIpc) is 0.741. The Balaban J connectivity index is 0.951. The minimum absolute atomic E-state index is 0.102. The number of aliphatic hydroxyl groups excluding tert-OH is 6. The number of rotatable bonds is 15. The lowest BCUT2D eigenvalue weighted by molar-refractivity contribution is -0.333. The second-order valence-corrected chi connectivity index (χ2v) is 31.5. The second-order valence-electron chi connectivity index (χ2n) is 30.7. The molecule has 18 atom stereocenters. The number of phenols is 3. The second kappa shape index (κ2) is 33.6. The molecule has 16 rings (SSSR count). The summed E-state index contributed by atoms with van der Waals surface area (Å²) in [5, 5.41) is 132. The van der Waals surface area contributed by atoms with Crippen LogP contribution in [0.15, 0.2) is 133 Å². The van der Waals surface area contributed by atoms with Gasteiger partial charge in [-0.1, -0.05) is 110 Å². The molecular weight excluding hydrogens is 1580 g/mol. The van der Waals surface area contributed by atoms with Crippen LogP contribution in [0.4, 0.5) is 0 Å². The fourth-order valence-electron chi connectivity index (χ4n) is 15.7. The van der Waals surface area contributed by atoms with Crippen molar-refractivity contribution in [2.45, 2.75) is 163 Å². The Morgan fingerprint density at radius 2 is 1.28 bits per heavy atom. The van der Waals surface area contributed by atoms with Crippen molar-refractivity contribution in [2.75, 3.05) is 13.7 Å².